The van der Waals surface area contributed by atoms with Gasteiger partial charge in [-0.2, -0.15) is 5.10 Å². The van der Waals surface area contributed by atoms with Crippen molar-refractivity contribution in [2.24, 2.45) is 0 Å². The largest absolute Gasteiger partial charge is 0.497 e. The molecule has 1 aliphatic rings. The minimum atomic E-state index is -0.144. The molecule has 35 heavy (non-hydrogen) atoms. The normalized spacial score (nSPS) is 14.2. The van der Waals surface area contributed by atoms with Crippen molar-refractivity contribution in [3.8, 4) is 16.9 Å². The highest BCUT2D eigenvalue weighted by Gasteiger charge is 2.17. The van der Waals surface area contributed by atoms with E-state index in [2.05, 4.69) is 26.4 Å². The van der Waals surface area contributed by atoms with Crippen LogP contribution in [0.1, 0.15) is 11.3 Å². The average molecular weight is 472 g/mol. The van der Waals surface area contributed by atoms with Crippen LogP contribution in [0.2, 0.25) is 0 Å². The third-order valence-corrected chi connectivity index (χ3v) is 6.22. The fourth-order valence-electron chi connectivity index (χ4n) is 4.50. The average Bonchev–Trinajstić information content (AvgIpc) is 3.20. The summed E-state index contributed by atoms with van der Waals surface area (Å²) in [6, 6.07) is 17.9. The van der Waals surface area contributed by atoms with E-state index in [0.29, 0.717) is 5.65 Å². The molecular weight excluding hydrogens is 442 g/mol. The van der Waals surface area contributed by atoms with E-state index in [0.717, 1.165) is 72.1 Å². The van der Waals surface area contributed by atoms with Crippen molar-refractivity contribution < 1.29 is 14.3 Å². The number of rotatable bonds is 7. The minimum absolute atomic E-state index is 0.0805. The summed E-state index contributed by atoms with van der Waals surface area (Å²) in [7, 11) is 1.65. The molecule has 0 unspecified atom stereocenters. The van der Waals surface area contributed by atoms with Gasteiger partial charge in [-0.05, 0) is 53.9 Å². The molecule has 1 fully saturated rings. The molecule has 0 bridgehead atoms. The summed E-state index contributed by atoms with van der Waals surface area (Å²) >= 11 is 0. The van der Waals surface area contributed by atoms with E-state index >= 15 is 0 Å². The van der Waals surface area contributed by atoms with Gasteiger partial charge in [0, 0.05) is 36.9 Å². The van der Waals surface area contributed by atoms with Gasteiger partial charge in [-0.15, -0.1) is 0 Å². The fraction of sp³-hybridized carbons (Fsp3) is 0.296. The highest BCUT2D eigenvalue weighted by molar-refractivity contribution is 5.96. The Morgan fingerprint density at radius 3 is 2.69 bits per heavy atom. The number of pyridine rings is 1. The molecule has 0 aliphatic carbocycles. The van der Waals surface area contributed by atoms with Gasteiger partial charge in [-0.25, -0.2) is 9.67 Å². The van der Waals surface area contributed by atoms with Crippen molar-refractivity contribution in [3.63, 3.8) is 0 Å². The Balaban J connectivity index is 1.32. The van der Waals surface area contributed by atoms with Gasteiger partial charge in [0.15, 0.2) is 5.65 Å². The van der Waals surface area contributed by atoms with Crippen LogP contribution in [0.4, 0.5) is 5.69 Å². The van der Waals surface area contributed by atoms with E-state index in [4.69, 9.17) is 9.47 Å². The molecule has 8 heteroatoms. The number of nitrogens with one attached hydrogen (secondary N) is 1. The molecule has 0 atom stereocenters. The lowest BCUT2D eigenvalue weighted by molar-refractivity contribution is -0.116. The van der Waals surface area contributed by atoms with Crippen LogP contribution in [0.3, 0.4) is 0 Å². The first kappa shape index (κ1) is 23.0. The van der Waals surface area contributed by atoms with E-state index in [1.165, 1.54) is 0 Å². The Labute approximate surface area is 204 Å². The molecule has 4 aromatic rings. The maximum absolute atomic E-state index is 12.9. The molecule has 0 spiro atoms. The third-order valence-electron chi connectivity index (χ3n) is 6.22. The first-order chi connectivity index (χ1) is 17.1. The second-order valence-electron chi connectivity index (χ2n) is 8.67. The molecule has 1 aliphatic heterocycles. The van der Waals surface area contributed by atoms with Crippen LogP contribution in [0, 0.1) is 6.92 Å². The van der Waals surface area contributed by atoms with Gasteiger partial charge in [0.25, 0.3) is 0 Å². The molecule has 180 valence electrons. The molecule has 1 N–H and O–H groups in total. The number of carbonyl (C=O) groups excluding carboxylic acids is 1. The number of ether oxygens (including phenoxy) is 2. The lowest BCUT2D eigenvalue weighted by atomic mass is 10.0. The number of aryl methyl sites for hydroxylation is 1. The molecule has 2 aromatic heterocycles. The minimum Gasteiger partial charge on any atom is -0.497 e. The van der Waals surface area contributed by atoms with Crippen LogP contribution in [-0.2, 0) is 22.6 Å². The molecule has 1 amide bonds. The lowest BCUT2D eigenvalue weighted by Gasteiger charge is -2.26. The zero-order valence-corrected chi connectivity index (χ0v) is 20.0. The molecule has 3 heterocycles. The number of anilines is 1. The Hall–Kier alpha value is -3.75. The van der Waals surface area contributed by atoms with E-state index in [1.54, 1.807) is 18.0 Å². The molecule has 5 rings (SSSR count). The highest BCUT2D eigenvalue weighted by atomic mass is 16.5. The molecule has 0 radical (unpaired) electrons. The Morgan fingerprint density at radius 1 is 1.11 bits per heavy atom. The van der Waals surface area contributed by atoms with Gasteiger partial charge in [0.2, 0.25) is 5.91 Å². The number of hydrogen-bond donors (Lipinski definition) is 1. The number of amides is 1. The number of fused-ring (bicyclic) bond motifs is 1. The predicted molar refractivity (Wildman–Crippen MR) is 135 cm³/mol. The van der Waals surface area contributed by atoms with Crippen molar-refractivity contribution in [3.05, 3.63) is 72.1 Å². The van der Waals surface area contributed by atoms with Crippen LogP contribution < -0.4 is 10.1 Å². The number of hydrogen-bond acceptors (Lipinski definition) is 6. The summed E-state index contributed by atoms with van der Waals surface area (Å²) in [6.45, 7) is 6.25. The highest BCUT2D eigenvalue weighted by Crippen LogP contribution is 2.31. The fourth-order valence-corrected chi connectivity index (χ4v) is 4.50. The van der Waals surface area contributed by atoms with Crippen LogP contribution in [0.15, 0.2) is 60.8 Å². The Kier molecular flexibility index (Phi) is 6.74. The quantitative estimate of drug-likeness (QED) is 0.441. The Bertz CT molecular complexity index is 1330. The van der Waals surface area contributed by atoms with Crippen molar-refractivity contribution in [1.29, 1.82) is 0 Å². The number of benzene rings is 2. The molecule has 8 nitrogen and oxygen atoms in total. The van der Waals surface area contributed by atoms with Crippen LogP contribution in [0.25, 0.3) is 22.2 Å². The number of morpholine rings is 1. The summed E-state index contributed by atoms with van der Waals surface area (Å²) in [6.07, 6.45) is 1.76. The first-order valence-corrected chi connectivity index (χ1v) is 11.8. The monoisotopic (exact) mass is 471 g/mol. The van der Waals surface area contributed by atoms with E-state index in [9.17, 15) is 4.79 Å². The number of aromatic nitrogens is 3. The van der Waals surface area contributed by atoms with Gasteiger partial charge in [0.05, 0.1) is 26.0 Å². The zero-order valence-electron chi connectivity index (χ0n) is 20.0. The maximum atomic E-state index is 12.9. The van der Waals surface area contributed by atoms with Crippen LogP contribution in [0.5, 0.6) is 5.75 Å². The standard InChI is InChI=1S/C27H29N5O3/c1-19-26-24(21-6-8-23(34-2)9-7-21)10-11-28-27(26)32(30-19)18-25(33)29-22-5-3-4-20(16-22)17-31-12-14-35-15-13-31/h3-11,16H,12-15,17-18H2,1-2H3,(H,29,33). The second kappa shape index (κ2) is 10.2. The van der Waals surface area contributed by atoms with E-state index < -0.39 is 0 Å². The smallest absolute Gasteiger partial charge is 0.246 e. The third kappa shape index (κ3) is 5.18. The first-order valence-electron chi connectivity index (χ1n) is 11.8. The summed E-state index contributed by atoms with van der Waals surface area (Å²) in [5.74, 6) is 0.659. The van der Waals surface area contributed by atoms with Crippen LogP contribution >= 0.6 is 0 Å². The lowest BCUT2D eigenvalue weighted by Crippen LogP contribution is -2.35. The SMILES string of the molecule is COc1ccc(-c2ccnc3c2c(C)nn3CC(=O)Nc2cccc(CN3CCOCC3)c2)cc1. The van der Waals surface area contributed by atoms with Gasteiger partial charge in [-0.1, -0.05) is 24.3 Å². The van der Waals surface area contributed by atoms with Gasteiger partial charge >= 0.3 is 0 Å². The van der Waals surface area contributed by atoms with Gasteiger partial charge in [0.1, 0.15) is 12.3 Å². The number of methoxy groups -OCH3 is 1. The topological polar surface area (TPSA) is 81.5 Å². The number of carbonyl (C=O) groups is 1. The van der Waals surface area contributed by atoms with Gasteiger partial charge < -0.3 is 14.8 Å². The molecule has 1 saturated heterocycles. The second-order valence-corrected chi connectivity index (χ2v) is 8.67. The summed E-state index contributed by atoms with van der Waals surface area (Å²) < 4.78 is 12.4. The summed E-state index contributed by atoms with van der Waals surface area (Å²) in [5, 5.41) is 8.60. The summed E-state index contributed by atoms with van der Waals surface area (Å²) in [4.78, 5) is 19.8. The van der Waals surface area contributed by atoms with E-state index in [1.807, 2.05) is 55.5 Å². The summed E-state index contributed by atoms with van der Waals surface area (Å²) in [5.41, 5.74) is 5.53. The number of nitrogens with zero attached hydrogens (tertiary/aromatic N) is 4. The molecular formula is C27H29N5O3. The Morgan fingerprint density at radius 2 is 1.91 bits per heavy atom. The van der Waals surface area contributed by atoms with Crippen molar-refractivity contribution >= 4 is 22.6 Å². The molecule has 0 saturated carbocycles. The van der Waals surface area contributed by atoms with E-state index in [-0.39, 0.29) is 12.5 Å². The molecule has 2 aromatic carbocycles. The van der Waals surface area contributed by atoms with Crippen molar-refractivity contribution in [1.82, 2.24) is 19.7 Å². The van der Waals surface area contributed by atoms with Crippen molar-refractivity contribution in [2.75, 3.05) is 38.7 Å². The van der Waals surface area contributed by atoms with Crippen molar-refractivity contribution in [2.45, 2.75) is 20.0 Å². The zero-order chi connectivity index (χ0) is 24.2. The maximum Gasteiger partial charge on any atom is 0.246 e. The van der Waals surface area contributed by atoms with Crippen LogP contribution in [-0.4, -0.2) is 59.0 Å². The van der Waals surface area contributed by atoms with Gasteiger partial charge in [-0.3, -0.25) is 9.69 Å². The predicted octanol–water partition coefficient (Wildman–Crippen LogP) is 3.89.